The molecule has 2 aromatic carbocycles. The normalized spacial score (nSPS) is 15.5. The highest BCUT2D eigenvalue weighted by Gasteiger charge is 2.34. The summed E-state index contributed by atoms with van der Waals surface area (Å²) in [7, 11) is 0. The zero-order valence-electron chi connectivity index (χ0n) is 14.7. The molecule has 0 saturated carbocycles. The van der Waals surface area contributed by atoms with Crippen LogP contribution in [0.2, 0.25) is 0 Å². The Balaban J connectivity index is 1.59. The van der Waals surface area contributed by atoms with Crippen molar-refractivity contribution >= 4 is 5.97 Å². The lowest BCUT2D eigenvalue weighted by atomic mass is 9.90. The Morgan fingerprint density at radius 2 is 1.75 bits per heavy atom. The number of carbonyl (C=O) groups is 1. The molecule has 5 nitrogen and oxygen atoms in total. The molecule has 1 saturated heterocycles. The van der Waals surface area contributed by atoms with Gasteiger partial charge in [0.15, 0.2) is 11.6 Å². The van der Waals surface area contributed by atoms with Gasteiger partial charge in [0.2, 0.25) is 0 Å². The van der Waals surface area contributed by atoms with Crippen molar-refractivity contribution in [2.75, 3.05) is 19.8 Å². The van der Waals surface area contributed by atoms with Crippen LogP contribution in [0.15, 0.2) is 42.5 Å². The van der Waals surface area contributed by atoms with Gasteiger partial charge in [0, 0.05) is 11.5 Å². The first-order valence-corrected chi connectivity index (χ1v) is 8.22. The lowest BCUT2D eigenvalue weighted by Crippen LogP contribution is -2.44. The van der Waals surface area contributed by atoms with Gasteiger partial charge in [0.05, 0.1) is 25.4 Å². The smallest absolute Gasteiger partial charge is 0.493 e. The SMILES string of the molecule is CC1(COc2ccc(C(=O)Oc3ccc(OC(F)(F)F)c(F)c3)cc2)COC1. The topological polar surface area (TPSA) is 54.0 Å². The van der Waals surface area contributed by atoms with Gasteiger partial charge >= 0.3 is 12.3 Å². The van der Waals surface area contributed by atoms with Gasteiger partial charge in [0.1, 0.15) is 11.5 Å². The Bertz CT molecular complexity index is 844. The fourth-order valence-electron chi connectivity index (χ4n) is 2.40. The molecule has 150 valence electrons. The molecule has 0 radical (unpaired) electrons. The molecule has 0 spiro atoms. The first-order valence-electron chi connectivity index (χ1n) is 8.22. The van der Waals surface area contributed by atoms with Gasteiger partial charge in [-0.1, -0.05) is 6.92 Å². The number of ether oxygens (including phenoxy) is 4. The summed E-state index contributed by atoms with van der Waals surface area (Å²) in [4.78, 5) is 12.1. The van der Waals surface area contributed by atoms with Crippen molar-refractivity contribution in [2.45, 2.75) is 13.3 Å². The number of esters is 1. The van der Waals surface area contributed by atoms with Crippen molar-refractivity contribution in [2.24, 2.45) is 5.41 Å². The summed E-state index contributed by atoms with van der Waals surface area (Å²) in [6.45, 7) is 3.76. The average Bonchev–Trinajstić information content (AvgIpc) is 2.60. The minimum atomic E-state index is -5.02. The fraction of sp³-hybridized carbons (Fsp3) is 0.316. The zero-order valence-corrected chi connectivity index (χ0v) is 14.7. The summed E-state index contributed by atoms with van der Waals surface area (Å²) in [5.74, 6) is -2.81. The predicted molar refractivity (Wildman–Crippen MR) is 88.9 cm³/mol. The van der Waals surface area contributed by atoms with Crippen LogP contribution in [0.25, 0.3) is 0 Å². The Hall–Kier alpha value is -2.81. The van der Waals surface area contributed by atoms with Gasteiger partial charge < -0.3 is 18.9 Å². The van der Waals surface area contributed by atoms with Gasteiger partial charge in [-0.3, -0.25) is 0 Å². The molecule has 28 heavy (non-hydrogen) atoms. The summed E-state index contributed by atoms with van der Waals surface area (Å²) in [5.41, 5.74) is 0.144. The number of rotatable bonds is 6. The van der Waals surface area contributed by atoms with Crippen molar-refractivity contribution < 1.29 is 41.3 Å². The molecule has 0 unspecified atom stereocenters. The Morgan fingerprint density at radius 3 is 2.29 bits per heavy atom. The second-order valence-electron chi connectivity index (χ2n) is 6.65. The third kappa shape index (κ3) is 5.13. The van der Waals surface area contributed by atoms with Crippen molar-refractivity contribution in [1.82, 2.24) is 0 Å². The van der Waals surface area contributed by atoms with Crippen LogP contribution in [-0.2, 0) is 4.74 Å². The van der Waals surface area contributed by atoms with Crippen LogP contribution >= 0.6 is 0 Å². The highest BCUT2D eigenvalue weighted by atomic mass is 19.4. The molecule has 3 rings (SSSR count). The number of hydrogen-bond acceptors (Lipinski definition) is 5. The minimum Gasteiger partial charge on any atom is -0.493 e. The summed E-state index contributed by atoms with van der Waals surface area (Å²) in [6.07, 6.45) is -5.02. The maximum Gasteiger partial charge on any atom is 0.573 e. The largest absolute Gasteiger partial charge is 0.573 e. The van der Waals surface area contributed by atoms with Crippen molar-refractivity contribution in [3.63, 3.8) is 0 Å². The molecule has 9 heteroatoms. The summed E-state index contributed by atoms with van der Waals surface area (Å²) < 4.78 is 69.4. The van der Waals surface area contributed by atoms with Gasteiger partial charge in [-0.25, -0.2) is 9.18 Å². The molecule has 1 aliphatic heterocycles. The van der Waals surface area contributed by atoms with Crippen LogP contribution in [0, 0.1) is 11.2 Å². The van der Waals surface area contributed by atoms with Gasteiger partial charge in [-0.2, -0.15) is 0 Å². The van der Waals surface area contributed by atoms with E-state index in [-0.39, 0.29) is 16.7 Å². The molecule has 0 amide bonds. The van der Waals surface area contributed by atoms with Crippen molar-refractivity contribution in [3.8, 4) is 17.2 Å². The molecule has 1 heterocycles. The molecular weight excluding hydrogens is 384 g/mol. The van der Waals surface area contributed by atoms with Crippen LogP contribution in [0.1, 0.15) is 17.3 Å². The Kier molecular flexibility index (Phi) is 5.46. The number of carbonyl (C=O) groups excluding carboxylic acids is 1. The molecule has 0 aliphatic carbocycles. The van der Waals surface area contributed by atoms with Crippen molar-refractivity contribution in [3.05, 3.63) is 53.8 Å². The van der Waals surface area contributed by atoms with E-state index in [0.717, 1.165) is 12.1 Å². The molecule has 0 N–H and O–H groups in total. The van der Waals surface area contributed by atoms with E-state index >= 15 is 0 Å². The molecule has 0 bridgehead atoms. The first-order chi connectivity index (χ1) is 13.1. The van der Waals surface area contributed by atoms with E-state index in [1.54, 1.807) is 12.1 Å². The fourth-order valence-corrected chi connectivity index (χ4v) is 2.40. The summed E-state index contributed by atoms with van der Waals surface area (Å²) >= 11 is 0. The average molecular weight is 400 g/mol. The molecule has 1 fully saturated rings. The first kappa shape index (κ1) is 19.9. The quantitative estimate of drug-likeness (QED) is 0.410. The maximum atomic E-state index is 13.7. The molecule has 2 aromatic rings. The monoisotopic (exact) mass is 400 g/mol. The van der Waals surface area contributed by atoms with E-state index in [0.29, 0.717) is 31.6 Å². The minimum absolute atomic E-state index is 0.0241. The molecule has 1 aliphatic rings. The lowest BCUT2D eigenvalue weighted by molar-refractivity contribution is -0.275. The third-order valence-corrected chi connectivity index (χ3v) is 3.92. The van der Waals surface area contributed by atoms with Crippen LogP contribution < -0.4 is 14.2 Å². The number of alkyl halides is 3. The zero-order chi connectivity index (χ0) is 20.4. The maximum absolute atomic E-state index is 13.7. The van der Waals surface area contributed by atoms with Crippen LogP contribution in [0.5, 0.6) is 17.2 Å². The van der Waals surface area contributed by atoms with Crippen molar-refractivity contribution in [1.29, 1.82) is 0 Å². The summed E-state index contributed by atoms with van der Waals surface area (Å²) in [6, 6.07) is 8.47. The van der Waals surface area contributed by atoms with Crippen LogP contribution in [0.3, 0.4) is 0 Å². The van der Waals surface area contributed by atoms with Crippen LogP contribution in [-0.4, -0.2) is 32.2 Å². The van der Waals surface area contributed by atoms with E-state index < -0.39 is 23.9 Å². The van der Waals surface area contributed by atoms with Gasteiger partial charge in [0.25, 0.3) is 0 Å². The number of hydrogen-bond donors (Lipinski definition) is 0. The van der Waals surface area contributed by atoms with Crippen LogP contribution in [0.4, 0.5) is 17.6 Å². The second-order valence-corrected chi connectivity index (χ2v) is 6.65. The Morgan fingerprint density at radius 1 is 1.11 bits per heavy atom. The number of benzene rings is 2. The standard InChI is InChI=1S/C19H16F4O5/c1-18(9-25-10-18)11-26-13-4-2-12(3-5-13)17(24)27-14-6-7-16(15(20)8-14)28-19(21,22)23/h2-8H,9-11H2,1H3. The molecule has 0 aromatic heterocycles. The molecular formula is C19H16F4O5. The van der Waals surface area contributed by atoms with E-state index in [4.69, 9.17) is 14.2 Å². The summed E-state index contributed by atoms with van der Waals surface area (Å²) in [5, 5.41) is 0. The van der Waals surface area contributed by atoms with E-state index in [1.807, 2.05) is 6.92 Å². The van der Waals surface area contributed by atoms with Gasteiger partial charge in [-0.05, 0) is 36.4 Å². The van der Waals surface area contributed by atoms with E-state index in [1.165, 1.54) is 12.1 Å². The predicted octanol–water partition coefficient (Wildman–Crippen LogP) is 4.36. The van der Waals surface area contributed by atoms with E-state index in [9.17, 15) is 22.4 Å². The number of halogens is 4. The Labute approximate surface area is 157 Å². The highest BCUT2D eigenvalue weighted by Crippen LogP contribution is 2.29. The molecule has 0 atom stereocenters. The highest BCUT2D eigenvalue weighted by molar-refractivity contribution is 5.91. The lowest BCUT2D eigenvalue weighted by Gasteiger charge is -2.37. The third-order valence-electron chi connectivity index (χ3n) is 3.92. The van der Waals surface area contributed by atoms with E-state index in [2.05, 4.69) is 4.74 Å². The van der Waals surface area contributed by atoms with Gasteiger partial charge in [-0.15, -0.1) is 13.2 Å². The second kappa shape index (κ2) is 7.67.